The van der Waals surface area contributed by atoms with Crippen LogP contribution in [0.2, 0.25) is 0 Å². The molecule has 0 bridgehead atoms. The third kappa shape index (κ3) is 5.08. The summed E-state index contributed by atoms with van der Waals surface area (Å²) >= 11 is 0. The Kier molecular flexibility index (Phi) is 6.48. The van der Waals surface area contributed by atoms with Gasteiger partial charge in [-0.05, 0) is 66.1 Å². The molecule has 9 heteroatoms. The minimum atomic E-state index is -0.124. The van der Waals surface area contributed by atoms with Gasteiger partial charge < -0.3 is 10.1 Å². The maximum atomic E-state index is 12.7. The van der Waals surface area contributed by atoms with Crippen LogP contribution >= 0.6 is 0 Å². The number of hydrogen-bond donors (Lipinski definition) is 1. The highest BCUT2D eigenvalue weighted by Gasteiger charge is 2.15. The molecule has 2 aromatic heterocycles. The van der Waals surface area contributed by atoms with E-state index in [-0.39, 0.29) is 12.3 Å². The van der Waals surface area contributed by atoms with Crippen LogP contribution in [0.5, 0.6) is 5.75 Å². The van der Waals surface area contributed by atoms with Crippen molar-refractivity contribution in [1.29, 1.82) is 0 Å². The number of aromatic nitrogens is 6. The van der Waals surface area contributed by atoms with Gasteiger partial charge in [0, 0.05) is 18.9 Å². The normalized spacial score (nSPS) is 10.9. The Hall–Kier alpha value is -4.01. The van der Waals surface area contributed by atoms with E-state index in [1.165, 1.54) is 0 Å². The van der Waals surface area contributed by atoms with Crippen LogP contribution in [-0.4, -0.2) is 43.0 Å². The maximum Gasteiger partial charge on any atom is 0.225 e. The van der Waals surface area contributed by atoms with E-state index in [0.29, 0.717) is 24.6 Å². The summed E-state index contributed by atoms with van der Waals surface area (Å²) in [4.78, 5) is 12.7. The standard InChI is InChI=1S/C24H27N7O2/c1-16-6-5-7-21(18(16)3)31-22(26-28-29-31)12-13-24(32)25-23-14-17(2)27-30(23)15-19-8-10-20(33-4)11-9-19/h5-11,14H,12-13,15H2,1-4H3,(H,25,32). The molecule has 33 heavy (non-hydrogen) atoms. The highest BCUT2D eigenvalue weighted by atomic mass is 16.5. The molecule has 0 saturated heterocycles. The molecule has 1 amide bonds. The van der Waals surface area contributed by atoms with Crippen LogP contribution in [0.4, 0.5) is 5.82 Å². The van der Waals surface area contributed by atoms with Crippen molar-refractivity contribution in [1.82, 2.24) is 30.0 Å². The van der Waals surface area contributed by atoms with Crippen LogP contribution in [0.3, 0.4) is 0 Å². The molecule has 170 valence electrons. The largest absolute Gasteiger partial charge is 0.497 e. The minimum Gasteiger partial charge on any atom is -0.497 e. The summed E-state index contributed by atoms with van der Waals surface area (Å²) in [6, 6.07) is 15.6. The Morgan fingerprint density at radius 2 is 1.88 bits per heavy atom. The van der Waals surface area contributed by atoms with Crippen LogP contribution in [0, 0.1) is 20.8 Å². The number of methoxy groups -OCH3 is 1. The molecule has 0 unspecified atom stereocenters. The zero-order valence-corrected chi connectivity index (χ0v) is 19.2. The van der Waals surface area contributed by atoms with Crippen LogP contribution < -0.4 is 10.1 Å². The number of anilines is 1. The smallest absolute Gasteiger partial charge is 0.225 e. The molecule has 0 fully saturated rings. The van der Waals surface area contributed by atoms with Crippen molar-refractivity contribution in [2.75, 3.05) is 12.4 Å². The van der Waals surface area contributed by atoms with E-state index < -0.39 is 0 Å². The Labute approximate surface area is 192 Å². The first kappa shape index (κ1) is 22.2. The van der Waals surface area contributed by atoms with Gasteiger partial charge in [-0.15, -0.1) is 5.10 Å². The van der Waals surface area contributed by atoms with Crippen molar-refractivity contribution in [3.63, 3.8) is 0 Å². The number of carbonyl (C=O) groups is 1. The number of rotatable bonds is 8. The summed E-state index contributed by atoms with van der Waals surface area (Å²) in [5, 5.41) is 19.6. The first-order chi connectivity index (χ1) is 15.9. The molecule has 0 aliphatic rings. The maximum absolute atomic E-state index is 12.7. The number of benzene rings is 2. The zero-order chi connectivity index (χ0) is 23.4. The Morgan fingerprint density at radius 3 is 2.64 bits per heavy atom. The molecular formula is C24H27N7O2. The molecule has 4 rings (SSSR count). The summed E-state index contributed by atoms with van der Waals surface area (Å²) in [6.07, 6.45) is 0.663. The molecule has 2 heterocycles. The van der Waals surface area contributed by atoms with Gasteiger partial charge in [0.25, 0.3) is 0 Å². The number of ether oxygens (including phenoxy) is 1. The fourth-order valence-corrected chi connectivity index (χ4v) is 3.62. The van der Waals surface area contributed by atoms with Crippen LogP contribution in [0.15, 0.2) is 48.5 Å². The first-order valence-corrected chi connectivity index (χ1v) is 10.8. The summed E-state index contributed by atoms with van der Waals surface area (Å²) in [6.45, 7) is 6.53. The van der Waals surface area contributed by atoms with Gasteiger partial charge in [-0.25, -0.2) is 4.68 Å². The lowest BCUT2D eigenvalue weighted by atomic mass is 10.1. The Morgan fingerprint density at radius 1 is 1.09 bits per heavy atom. The lowest BCUT2D eigenvalue weighted by Crippen LogP contribution is -2.17. The van der Waals surface area contributed by atoms with Crippen LogP contribution in [-0.2, 0) is 17.8 Å². The van der Waals surface area contributed by atoms with Crippen molar-refractivity contribution in [3.8, 4) is 11.4 Å². The first-order valence-electron chi connectivity index (χ1n) is 10.8. The highest BCUT2D eigenvalue weighted by molar-refractivity contribution is 5.90. The third-order valence-electron chi connectivity index (χ3n) is 5.57. The lowest BCUT2D eigenvalue weighted by Gasteiger charge is -2.11. The third-order valence-corrected chi connectivity index (χ3v) is 5.57. The van der Waals surface area contributed by atoms with Gasteiger partial charge in [0.2, 0.25) is 5.91 Å². The molecule has 0 aliphatic carbocycles. The molecule has 4 aromatic rings. The molecular weight excluding hydrogens is 418 g/mol. The number of carbonyl (C=O) groups excluding carboxylic acids is 1. The molecule has 9 nitrogen and oxygen atoms in total. The van der Waals surface area contributed by atoms with E-state index in [1.54, 1.807) is 16.5 Å². The predicted molar refractivity (Wildman–Crippen MR) is 125 cm³/mol. The fraction of sp³-hybridized carbons (Fsp3) is 0.292. The number of aryl methyl sites for hydroxylation is 3. The van der Waals surface area contributed by atoms with Crippen molar-refractivity contribution < 1.29 is 9.53 Å². The van der Waals surface area contributed by atoms with Gasteiger partial charge in [0.05, 0.1) is 25.0 Å². The quantitative estimate of drug-likeness (QED) is 0.446. The number of nitrogens with zero attached hydrogens (tertiary/aromatic N) is 6. The summed E-state index contributed by atoms with van der Waals surface area (Å²) in [5.74, 6) is 1.97. The van der Waals surface area contributed by atoms with E-state index >= 15 is 0 Å². The van der Waals surface area contributed by atoms with E-state index in [1.807, 2.05) is 69.3 Å². The van der Waals surface area contributed by atoms with Gasteiger partial charge >= 0.3 is 0 Å². The number of amides is 1. The molecule has 0 atom stereocenters. The van der Waals surface area contributed by atoms with Gasteiger partial charge in [-0.1, -0.05) is 24.3 Å². The van der Waals surface area contributed by atoms with Gasteiger partial charge in [-0.2, -0.15) is 9.78 Å². The van der Waals surface area contributed by atoms with Crippen molar-refractivity contribution in [2.45, 2.75) is 40.2 Å². The molecule has 1 N–H and O–H groups in total. The van der Waals surface area contributed by atoms with E-state index in [4.69, 9.17) is 4.74 Å². The fourth-order valence-electron chi connectivity index (χ4n) is 3.62. The van der Waals surface area contributed by atoms with E-state index in [9.17, 15) is 4.79 Å². The minimum absolute atomic E-state index is 0.124. The van der Waals surface area contributed by atoms with Gasteiger partial charge in [0.15, 0.2) is 5.82 Å². The molecule has 0 spiro atoms. The summed E-state index contributed by atoms with van der Waals surface area (Å²) in [5.41, 5.74) is 5.07. The van der Waals surface area contributed by atoms with Crippen molar-refractivity contribution in [3.05, 3.63) is 76.7 Å². The Bertz CT molecular complexity index is 1260. The Balaban J connectivity index is 1.42. The van der Waals surface area contributed by atoms with Crippen LogP contribution in [0.25, 0.3) is 5.69 Å². The van der Waals surface area contributed by atoms with Gasteiger partial charge in [0.1, 0.15) is 11.6 Å². The second kappa shape index (κ2) is 9.64. The summed E-state index contributed by atoms with van der Waals surface area (Å²) < 4.78 is 8.70. The predicted octanol–water partition coefficient (Wildman–Crippen LogP) is 3.41. The number of tetrazole rings is 1. The van der Waals surface area contributed by atoms with Gasteiger partial charge in [-0.3, -0.25) is 4.79 Å². The van der Waals surface area contributed by atoms with Crippen molar-refractivity contribution in [2.24, 2.45) is 0 Å². The number of hydrogen-bond acceptors (Lipinski definition) is 6. The SMILES string of the molecule is COc1ccc(Cn2nc(C)cc2NC(=O)CCc2nnnn2-c2cccc(C)c2C)cc1. The summed E-state index contributed by atoms with van der Waals surface area (Å²) in [7, 11) is 1.64. The average Bonchev–Trinajstić information content (AvgIpc) is 3.41. The monoisotopic (exact) mass is 445 g/mol. The van der Waals surface area contributed by atoms with Crippen molar-refractivity contribution >= 4 is 11.7 Å². The number of nitrogens with one attached hydrogen (secondary N) is 1. The van der Waals surface area contributed by atoms with E-state index in [2.05, 4.69) is 25.9 Å². The lowest BCUT2D eigenvalue weighted by molar-refractivity contribution is -0.116. The zero-order valence-electron chi connectivity index (χ0n) is 19.2. The van der Waals surface area contributed by atoms with Crippen LogP contribution in [0.1, 0.15) is 34.6 Å². The average molecular weight is 446 g/mol. The topological polar surface area (TPSA) is 99.8 Å². The molecule has 0 radical (unpaired) electrons. The highest BCUT2D eigenvalue weighted by Crippen LogP contribution is 2.19. The molecule has 2 aromatic carbocycles. The second-order valence-electron chi connectivity index (χ2n) is 7.95. The molecule has 0 saturated carbocycles. The second-order valence-corrected chi connectivity index (χ2v) is 7.95. The van der Waals surface area contributed by atoms with E-state index in [0.717, 1.165) is 33.8 Å². The molecule has 0 aliphatic heterocycles.